The number of fused-ring (bicyclic) bond motifs is 2. The molecule has 1 fully saturated rings. The first-order valence-corrected chi connectivity index (χ1v) is 13.3. The van der Waals surface area contributed by atoms with E-state index in [1.54, 1.807) is 14.1 Å². The van der Waals surface area contributed by atoms with E-state index in [0.29, 0.717) is 17.6 Å². The number of aliphatic hydroxyl groups excluding tert-OH is 2. The molecule has 0 aromatic heterocycles. The summed E-state index contributed by atoms with van der Waals surface area (Å²) in [6.07, 6.45) is 9.02. The molecule has 7 nitrogen and oxygen atoms in total. The lowest BCUT2D eigenvalue weighted by Gasteiger charge is -2.32. The third-order valence-corrected chi connectivity index (χ3v) is 7.76. The molecule has 1 aromatic rings. The van der Waals surface area contributed by atoms with E-state index in [9.17, 15) is 19.8 Å². The van der Waals surface area contributed by atoms with Crippen molar-refractivity contribution in [3.05, 3.63) is 29.3 Å². The van der Waals surface area contributed by atoms with Crippen molar-refractivity contribution >= 4 is 11.9 Å². The molecule has 2 aliphatic carbocycles. The van der Waals surface area contributed by atoms with Crippen LogP contribution >= 0.6 is 0 Å². The first-order valence-electron chi connectivity index (χ1n) is 13.3. The highest BCUT2D eigenvalue weighted by molar-refractivity contribution is 5.80. The van der Waals surface area contributed by atoms with Gasteiger partial charge in [0.2, 0.25) is 0 Å². The van der Waals surface area contributed by atoms with Gasteiger partial charge in [0.25, 0.3) is 5.91 Å². The number of likely N-dealkylation sites (N-methyl/N-ethyl adjacent to an activating group) is 1. The quantitative estimate of drug-likeness (QED) is 0.325. The van der Waals surface area contributed by atoms with Crippen LogP contribution in [0.5, 0.6) is 5.75 Å². The predicted octanol–water partition coefficient (Wildman–Crippen LogP) is 3.52. The Kier molecular flexibility index (Phi) is 10.4. The number of hydrogen-bond donors (Lipinski definition) is 2. The molecule has 2 unspecified atom stereocenters. The topological polar surface area (TPSA) is 96.3 Å². The van der Waals surface area contributed by atoms with Crippen molar-refractivity contribution in [1.29, 1.82) is 0 Å². The molecule has 0 spiro atoms. The summed E-state index contributed by atoms with van der Waals surface area (Å²) >= 11 is 0. The van der Waals surface area contributed by atoms with E-state index in [2.05, 4.69) is 13.0 Å². The number of carbonyl (C=O) groups excluding carboxylic acids is 2. The van der Waals surface area contributed by atoms with Gasteiger partial charge in [-0.15, -0.1) is 0 Å². The van der Waals surface area contributed by atoms with Crippen LogP contribution < -0.4 is 4.74 Å². The van der Waals surface area contributed by atoms with Gasteiger partial charge in [0.15, 0.2) is 13.2 Å². The summed E-state index contributed by atoms with van der Waals surface area (Å²) in [6, 6.07) is 5.94. The number of benzene rings is 1. The molecule has 5 atom stereocenters. The monoisotopic (exact) mass is 489 g/mol. The number of amides is 1. The fourth-order valence-electron chi connectivity index (χ4n) is 5.75. The van der Waals surface area contributed by atoms with E-state index >= 15 is 0 Å². The van der Waals surface area contributed by atoms with E-state index in [0.717, 1.165) is 56.9 Å². The molecule has 2 aliphatic rings. The summed E-state index contributed by atoms with van der Waals surface area (Å²) in [6.45, 7) is 1.64. The molecule has 1 aromatic carbocycles. The van der Waals surface area contributed by atoms with Gasteiger partial charge in [-0.2, -0.15) is 0 Å². The number of aliphatic hydroxyl groups is 2. The maximum absolute atomic E-state index is 12.0. The number of unbranched alkanes of at least 4 members (excludes halogenated alkanes) is 2. The number of nitrogens with zero attached hydrogens (tertiary/aromatic N) is 1. The van der Waals surface area contributed by atoms with Gasteiger partial charge in [-0.25, -0.2) is 4.79 Å². The zero-order chi connectivity index (χ0) is 25.4. The van der Waals surface area contributed by atoms with Crippen LogP contribution in [-0.2, 0) is 27.2 Å². The Morgan fingerprint density at radius 1 is 1.11 bits per heavy atom. The Hall–Kier alpha value is -2.12. The van der Waals surface area contributed by atoms with Gasteiger partial charge in [0, 0.05) is 14.1 Å². The minimum Gasteiger partial charge on any atom is -0.482 e. The van der Waals surface area contributed by atoms with Crippen LogP contribution in [0.2, 0.25) is 0 Å². The molecule has 1 saturated carbocycles. The van der Waals surface area contributed by atoms with Gasteiger partial charge in [-0.1, -0.05) is 44.7 Å². The van der Waals surface area contributed by atoms with Crippen LogP contribution in [0.4, 0.5) is 0 Å². The van der Waals surface area contributed by atoms with Crippen molar-refractivity contribution in [2.24, 2.45) is 17.8 Å². The van der Waals surface area contributed by atoms with Gasteiger partial charge in [-0.05, 0) is 73.5 Å². The Bertz CT molecular complexity index is 841. The third-order valence-electron chi connectivity index (χ3n) is 7.76. The molecular formula is C28H43NO6. The first kappa shape index (κ1) is 27.5. The highest BCUT2D eigenvalue weighted by Crippen LogP contribution is 2.48. The van der Waals surface area contributed by atoms with E-state index < -0.39 is 5.97 Å². The fourth-order valence-corrected chi connectivity index (χ4v) is 5.75. The predicted molar refractivity (Wildman–Crippen MR) is 134 cm³/mol. The van der Waals surface area contributed by atoms with Gasteiger partial charge < -0.3 is 24.6 Å². The van der Waals surface area contributed by atoms with Gasteiger partial charge in [-0.3, -0.25) is 4.79 Å². The molecule has 1 amide bonds. The normalized spacial score (nSPS) is 23.8. The van der Waals surface area contributed by atoms with Crippen molar-refractivity contribution in [2.75, 3.05) is 27.3 Å². The lowest BCUT2D eigenvalue weighted by atomic mass is 9.73. The number of carbonyl (C=O) groups is 2. The standard InChI is InChI=1S/C28H43NO6/c1-4-5-6-10-21(30)11-8-12-22-23-14-19-9-7-13-26(24(19)15-20(23)16-25(22)31)34-18-28(33)35-17-27(32)29(2)3/h7,9,13,20-23,25,30-31H,4-6,8,10-12,14-18H2,1-3H3/t20?,21-,22-,23?,25-/m1/s1. The van der Waals surface area contributed by atoms with E-state index in [1.165, 1.54) is 23.3 Å². The van der Waals surface area contributed by atoms with Crippen molar-refractivity contribution in [3.63, 3.8) is 0 Å². The summed E-state index contributed by atoms with van der Waals surface area (Å²) in [4.78, 5) is 25.0. The molecule has 0 radical (unpaired) electrons. The van der Waals surface area contributed by atoms with Crippen molar-refractivity contribution in [1.82, 2.24) is 4.90 Å². The summed E-state index contributed by atoms with van der Waals surface area (Å²) < 4.78 is 10.8. The van der Waals surface area contributed by atoms with E-state index in [-0.39, 0.29) is 37.2 Å². The largest absolute Gasteiger partial charge is 0.482 e. The third kappa shape index (κ3) is 7.68. The second-order valence-corrected chi connectivity index (χ2v) is 10.5. The van der Waals surface area contributed by atoms with Gasteiger partial charge >= 0.3 is 5.97 Å². The van der Waals surface area contributed by atoms with Gasteiger partial charge in [0.05, 0.1) is 12.2 Å². The average molecular weight is 490 g/mol. The molecule has 0 aliphatic heterocycles. The minimum atomic E-state index is -0.570. The maximum Gasteiger partial charge on any atom is 0.344 e. The maximum atomic E-state index is 12.0. The number of ether oxygens (including phenoxy) is 2. The Balaban J connectivity index is 1.53. The minimum absolute atomic E-state index is 0.227. The molecule has 35 heavy (non-hydrogen) atoms. The Morgan fingerprint density at radius 3 is 2.63 bits per heavy atom. The van der Waals surface area contributed by atoms with Crippen LogP contribution in [0.3, 0.4) is 0 Å². The first-order chi connectivity index (χ1) is 16.8. The highest BCUT2D eigenvalue weighted by atomic mass is 16.6. The molecule has 3 rings (SSSR count). The van der Waals surface area contributed by atoms with Crippen LogP contribution in [0.1, 0.15) is 69.4 Å². The van der Waals surface area contributed by atoms with Crippen LogP contribution in [0.25, 0.3) is 0 Å². The Labute approximate surface area is 209 Å². The van der Waals surface area contributed by atoms with Crippen LogP contribution in [-0.4, -0.2) is 66.5 Å². The van der Waals surface area contributed by atoms with Crippen LogP contribution in [0, 0.1) is 17.8 Å². The summed E-state index contributed by atoms with van der Waals surface area (Å²) in [5.41, 5.74) is 2.34. The number of hydrogen-bond acceptors (Lipinski definition) is 6. The zero-order valence-electron chi connectivity index (χ0n) is 21.6. The summed E-state index contributed by atoms with van der Waals surface area (Å²) in [5, 5.41) is 21.1. The van der Waals surface area contributed by atoms with Gasteiger partial charge in [0.1, 0.15) is 5.75 Å². The van der Waals surface area contributed by atoms with Crippen molar-refractivity contribution in [3.8, 4) is 5.75 Å². The molecule has 0 bridgehead atoms. The lowest BCUT2D eigenvalue weighted by molar-refractivity contribution is -0.152. The summed E-state index contributed by atoms with van der Waals surface area (Å²) in [7, 11) is 3.22. The Morgan fingerprint density at radius 2 is 1.89 bits per heavy atom. The zero-order valence-corrected chi connectivity index (χ0v) is 21.6. The SMILES string of the molecule is CCCCC[C@@H](O)CCC[C@@H]1C2Cc3cccc(OCC(=O)OCC(=O)N(C)C)c3CC2C[C@H]1O. The molecule has 0 saturated heterocycles. The molecule has 196 valence electrons. The molecule has 0 heterocycles. The van der Waals surface area contributed by atoms with Crippen molar-refractivity contribution < 1.29 is 29.3 Å². The van der Waals surface area contributed by atoms with Crippen molar-refractivity contribution in [2.45, 2.75) is 83.3 Å². The fraction of sp³-hybridized carbons (Fsp3) is 0.714. The van der Waals surface area contributed by atoms with E-state index in [1.807, 2.05) is 12.1 Å². The number of rotatable bonds is 13. The average Bonchev–Trinajstić information content (AvgIpc) is 3.13. The second-order valence-electron chi connectivity index (χ2n) is 10.5. The number of esters is 1. The summed E-state index contributed by atoms with van der Waals surface area (Å²) in [5.74, 6) is 0.940. The molecule has 7 heteroatoms. The lowest BCUT2D eigenvalue weighted by Crippen LogP contribution is -2.29. The molecule has 2 N–H and O–H groups in total. The second kappa shape index (κ2) is 13.3. The highest BCUT2D eigenvalue weighted by Gasteiger charge is 2.44. The smallest absolute Gasteiger partial charge is 0.344 e. The molecular weight excluding hydrogens is 446 g/mol. The van der Waals surface area contributed by atoms with Crippen LogP contribution in [0.15, 0.2) is 18.2 Å². The van der Waals surface area contributed by atoms with E-state index in [4.69, 9.17) is 9.47 Å².